The molecule has 2 atom stereocenters. The van der Waals surface area contributed by atoms with Gasteiger partial charge in [0.25, 0.3) is 5.19 Å². The van der Waals surface area contributed by atoms with Crippen LogP contribution in [0.15, 0.2) is 42.5 Å². The third-order valence-electron chi connectivity index (χ3n) is 5.89. The minimum Gasteiger partial charge on any atom is -0.431 e. The molecule has 0 aliphatic carbocycles. The Hall–Kier alpha value is -2.07. The molecule has 5 rings (SSSR count). The summed E-state index contributed by atoms with van der Waals surface area (Å²) in [5.74, 6) is 0.382. The molecule has 2 unspecified atom stereocenters. The van der Waals surface area contributed by atoms with E-state index in [0.717, 1.165) is 25.9 Å². The Morgan fingerprint density at radius 1 is 1.17 bits per heavy atom. The number of fused-ring (bicyclic) bond motifs is 3. The van der Waals surface area contributed by atoms with Gasteiger partial charge in [0, 0.05) is 31.7 Å². The van der Waals surface area contributed by atoms with E-state index in [-0.39, 0.29) is 11.9 Å². The fourth-order valence-electron chi connectivity index (χ4n) is 4.43. The van der Waals surface area contributed by atoms with Gasteiger partial charge in [-0.25, -0.2) is 17.8 Å². The van der Waals surface area contributed by atoms with E-state index in [1.807, 2.05) is 24.3 Å². The lowest BCUT2D eigenvalue weighted by molar-refractivity contribution is 0.184. The monoisotopic (exact) mass is 447 g/mol. The van der Waals surface area contributed by atoms with Crippen LogP contribution in [0.2, 0.25) is 0 Å². The van der Waals surface area contributed by atoms with Crippen molar-refractivity contribution in [3.05, 3.63) is 53.8 Å². The van der Waals surface area contributed by atoms with Crippen molar-refractivity contribution in [1.82, 2.24) is 14.2 Å². The molecule has 2 aliphatic heterocycles. The Balaban J connectivity index is 1.18. The second-order valence-electron chi connectivity index (χ2n) is 7.93. The van der Waals surface area contributed by atoms with Gasteiger partial charge in [-0.15, -0.1) is 0 Å². The zero-order valence-electron chi connectivity index (χ0n) is 16.5. The number of rotatable bonds is 6. The van der Waals surface area contributed by atoms with E-state index in [1.165, 1.54) is 29.2 Å². The number of thiazole rings is 1. The highest BCUT2D eigenvalue weighted by atomic mass is 32.2. The van der Waals surface area contributed by atoms with Crippen LogP contribution in [0.25, 0.3) is 10.2 Å². The third kappa shape index (κ3) is 3.82. The molecule has 2 saturated heterocycles. The van der Waals surface area contributed by atoms with Crippen LogP contribution in [0.4, 0.5) is 4.39 Å². The highest BCUT2D eigenvalue weighted by Gasteiger charge is 2.46. The summed E-state index contributed by atoms with van der Waals surface area (Å²) in [5.41, 5.74) is 1.79. The summed E-state index contributed by atoms with van der Waals surface area (Å²) in [6, 6.07) is 13.1. The molecular weight excluding hydrogens is 425 g/mol. The van der Waals surface area contributed by atoms with Crippen LogP contribution in [0, 0.1) is 5.82 Å². The average molecular weight is 448 g/mol. The van der Waals surface area contributed by atoms with Gasteiger partial charge in [-0.2, -0.15) is 4.31 Å². The number of benzene rings is 2. The van der Waals surface area contributed by atoms with Gasteiger partial charge in [0.15, 0.2) is 0 Å². The zero-order chi connectivity index (χ0) is 20.9. The van der Waals surface area contributed by atoms with E-state index >= 15 is 0 Å². The van der Waals surface area contributed by atoms with Crippen LogP contribution < -0.4 is 4.74 Å². The largest absolute Gasteiger partial charge is 0.431 e. The lowest BCUT2D eigenvalue weighted by Gasteiger charge is -2.32. The fraction of sp³-hybridized carbons (Fsp3) is 0.381. The first-order chi connectivity index (χ1) is 14.4. The maximum atomic E-state index is 13.8. The molecule has 0 saturated carbocycles. The van der Waals surface area contributed by atoms with Gasteiger partial charge in [0.05, 0.1) is 16.5 Å². The molecule has 3 heterocycles. The Labute approximate surface area is 178 Å². The smallest absolute Gasteiger partial charge is 0.279 e. The molecule has 0 radical (unpaired) electrons. The molecule has 2 aromatic carbocycles. The Morgan fingerprint density at radius 3 is 2.63 bits per heavy atom. The van der Waals surface area contributed by atoms with Gasteiger partial charge in [0.2, 0.25) is 10.0 Å². The Morgan fingerprint density at radius 2 is 1.97 bits per heavy atom. The summed E-state index contributed by atoms with van der Waals surface area (Å²) in [6.07, 6.45) is 3.13. The van der Waals surface area contributed by atoms with E-state index in [2.05, 4.69) is 9.88 Å². The summed E-state index contributed by atoms with van der Waals surface area (Å²) < 4.78 is 45.4. The van der Waals surface area contributed by atoms with Crippen molar-refractivity contribution in [2.45, 2.75) is 24.9 Å². The predicted molar refractivity (Wildman–Crippen MR) is 115 cm³/mol. The quantitative estimate of drug-likeness (QED) is 0.579. The average Bonchev–Trinajstić information content (AvgIpc) is 3.41. The van der Waals surface area contributed by atoms with Crippen LogP contribution in [-0.2, 0) is 16.4 Å². The van der Waals surface area contributed by atoms with Crippen molar-refractivity contribution in [2.75, 3.05) is 25.9 Å². The molecule has 2 bridgehead atoms. The van der Waals surface area contributed by atoms with Crippen LogP contribution >= 0.6 is 11.3 Å². The summed E-state index contributed by atoms with van der Waals surface area (Å²) in [6.45, 7) is 2.34. The van der Waals surface area contributed by atoms with E-state index in [4.69, 9.17) is 4.74 Å². The number of halogens is 1. The first-order valence-electron chi connectivity index (χ1n) is 9.89. The van der Waals surface area contributed by atoms with Gasteiger partial charge in [0.1, 0.15) is 11.6 Å². The van der Waals surface area contributed by atoms with Crippen molar-refractivity contribution >= 4 is 31.6 Å². The second kappa shape index (κ2) is 7.56. The lowest BCUT2D eigenvalue weighted by atomic mass is 10.1. The lowest BCUT2D eigenvalue weighted by Crippen LogP contribution is -2.48. The van der Waals surface area contributed by atoms with Gasteiger partial charge in [-0.1, -0.05) is 29.5 Å². The molecule has 0 N–H and O–H groups in total. The molecule has 6 nitrogen and oxygen atoms in total. The van der Waals surface area contributed by atoms with Gasteiger partial charge < -0.3 is 4.74 Å². The zero-order valence-corrected chi connectivity index (χ0v) is 18.1. The number of hydrogen-bond donors (Lipinski definition) is 0. The predicted octanol–water partition coefficient (Wildman–Crippen LogP) is 3.49. The van der Waals surface area contributed by atoms with Gasteiger partial charge in [-0.3, -0.25) is 4.90 Å². The van der Waals surface area contributed by atoms with Crippen LogP contribution in [0.5, 0.6) is 10.9 Å². The Bertz CT molecular complexity index is 1180. The molecule has 3 aromatic rings. The first kappa shape index (κ1) is 19.9. The summed E-state index contributed by atoms with van der Waals surface area (Å²) in [5, 5.41) is 0.423. The third-order valence-corrected chi connectivity index (χ3v) is 8.15. The first-order valence-corrected chi connectivity index (χ1v) is 12.6. The number of hydrogen-bond acceptors (Lipinski definition) is 6. The normalized spacial score (nSPS) is 22.2. The second-order valence-corrected chi connectivity index (χ2v) is 10.8. The topological polar surface area (TPSA) is 62.7 Å². The van der Waals surface area contributed by atoms with Crippen molar-refractivity contribution in [3.63, 3.8) is 0 Å². The maximum absolute atomic E-state index is 13.8. The van der Waals surface area contributed by atoms with Crippen LogP contribution in [0.1, 0.15) is 12.0 Å². The molecule has 30 heavy (non-hydrogen) atoms. The fourth-order valence-corrected chi connectivity index (χ4v) is 6.41. The van der Waals surface area contributed by atoms with Gasteiger partial charge >= 0.3 is 0 Å². The minimum absolute atomic E-state index is 0.124. The number of aromatic nitrogens is 1. The van der Waals surface area contributed by atoms with Crippen molar-refractivity contribution in [2.24, 2.45) is 0 Å². The van der Waals surface area contributed by atoms with Crippen molar-refractivity contribution < 1.29 is 17.5 Å². The summed E-state index contributed by atoms with van der Waals surface area (Å²) in [4.78, 5) is 6.72. The molecule has 2 fully saturated rings. The van der Waals surface area contributed by atoms with E-state index in [0.29, 0.717) is 33.7 Å². The highest BCUT2D eigenvalue weighted by Crippen LogP contribution is 2.34. The van der Waals surface area contributed by atoms with Crippen molar-refractivity contribution in [3.8, 4) is 10.9 Å². The van der Waals surface area contributed by atoms with E-state index in [1.54, 1.807) is 16.4 Å². The van der Waals surface area contributed by atoms with E-state index < -0.39 is 10.0 Å². The number of likely N-dealkylation sites (tertiary alicyclic amines) is 1. The number of piperazine rings is 1. The molecule has 0 amide bonds. The highest BCUT2D eigenvalue weighted by molar-refractivity contribution is 7.88. The summed E-state index contributed by atoms with van der Waals surface area (Å²) >= 11 is 1.20. The molecule has 1 aromatic heterocycles. The number of sulfonamides is 1. The van der Waals surface area contributed by atoms with Crippen molar-refractivity contribution in [1.29, 1.82) is 0 Å². The molecule has 0 spiro atoms. The van der Waals surface area contributed by atoms with Gasteiger partial charge in [-0.05, 0) is 42.7 Å². The number of ether oxygens (including phenoxy) is 1. The van der Waals surface area contributed by atoms with Crippen LogP contribution in [-0.4, -0.2) is 60.6 Å². The summed E-state index contributed by atoms with van der Waals surface area (Å²) in [7, 11) is -3.10. The molecular formula is C21H22FN3O3S2. The molecule has 158 valence electrons. The van der Waals surface area contributed by atoms with E-state index in [9.17, 15) is 12.8 Å². The number of nitrogens with zero attached hydrogens (tertiary/aromatic N) is 3. The minimum atomic E-state index is -3.10. The maximum Gasteiger partial charge on any atom is 0.279 e. The SMILES string of the molecule is CS(=O)(=O)N1CC2CC1CN2CCc1ccc(Oc2nc3cccc(F)c3s2)cc1. The van der Waals surface area contributed by atoms with Crippen LogP contribution in [0.3, 0.4) is 0 Å². The Kier molecular flexibility index (Phi) is 5.01. The standard InChI is InChI=1S/C21H22FN3O3S2/c1-30(26,27)25-13-15-11-16(25)12-24(15)10-9-14-5-7-17(8-6-14)28-21-23-19-4-2-3-18(22)20(19)29-21/h2-8,15-16H,9-13H2,1H3. The molecule has 9 heteroatoms. The molecule has 2 aliphatic rings.